The number of carbonyl (C=O) groups is 3. The quantitative estimate of drug-likeness (QED) is 0.702. The van der Waals surface area contributed by atoms with E-state index in [0.29, 0.717) is 6.54 Å². The highest BCUT2D eigenvalue weighted by Crippen LogP contribution is 2.37. The van der Waals surface area contributed by atoms with Gasteiger partial charge < -0.3 is 10.6 Å². The third-order valence-electron chi connectivity index (χ3n) is 4.39. The Labute approximate surface area is 137 Å². The molecule has 0 aromatic carbocycles. The van der Waals surface area contributed by atoms with Gasteiger partial charge in [-0.1, -0.05) is 19.8 Å². The zero-order valence-corrected chi connectivity index (χ0v) is 14.1. The van der Waals surface area contributed by atoms with Gasteiger partial charge in [0.1, 0.15) is 6.54 Å². The number of hydrogen-bond donors (Lipinski definition) is 2. The van der Waals surface area contributed by atoms with E-state index in [-0.39, 0.29) is 54.6 Å². The van der Waals surface area contributed by atoms with E-state index in [1.54, 1.807) is 0 Å². The lowest BCUT2D eigenvalue weighted by Crippen LogP contribution is -2.45. The van der Waals surface area contributed by atoms with E-state index in [4.69, 9.17) is 0 Å². The van der Waals surface area contributed by atoms with E-state index in [1.807, 2.05) is 13.8 Å². The number of carbonyl (C=O) groups excluding carboxylic acids is 3. The molecule has 3 atom stereocenters. The average molecular weight is 332 g/mol. The van der Waals surface area contributed by atoms with Crippen LogP contribution in [-0.4, -0.2) is 48.3 Å². The first kappa shape index (κ1) is 18.9. The summed E-state index contributed by atoms with van der Waals surface area (Å²) in [5.74, 6) is -0.932. The first-order chi connectivity index (χ1) is 10.0. The van der Waals surface area contributed by atoms with Crippen LogP contribution in [0, 0.1) is 11.8 Å². The third-order valence-corrected chi connectivity index (χ3v) is 4.39. The van der Waals surface area contributed by atoms with Crippen LogP contribution < -0.4 is 10.6 Å². The Morgan fingerprint density at radius 3 is 2.27 bits per heavy atom. The highest BCUT2D eigenvalue weighted by atomic mass is 35.5. The molecular weight excluding hydrogens is 306 g/mol. The van der Waals surface area contributed by atoms with Crippen LogP contribution in [0.3, 0.4) is 0 Å². The van der Waals surface area contributed by atoms with Crippen molar-refractivity contribution in [3.05, 3.63) is 0 Å². The third kappa shape index (κ3) is 4.20. The molecule has 1 aliphatic heterocycles. The second-order valence-corrected chi connectivity index (χ2v) is 6.02. The molecule has 0 aromatic rings. The van der Waals surface area contributed by atoms with Crippen LogP contribution in [-0.2, 0) is 14.4 Å². The second-order valence-electron chi connectivity index (χ2n) is 6.02. The maximum Gasteiger partial charge on any atom is 0.240 e. The molecule has 22 heavy (non-hydrogen) atoms. The summed E-state index contributed by atoms with van der Waals surface area (Å²) < 4.78 is 0. The summed E-state index contributed by atoms with van der Waals surface area (Å²) in [5.41, 5.74) is 0. The summed E-state index contributed by atoms with van der Waals surface area (Å²) in [7, 11) is 0. The van der Waals surface area contributed by atoms with E-state index in [9.17, 15) is 14.4 Å². The van der Waals surface area contributed by atoms with Crippen molar-refractivity contribution in [2.45, 2.75) is 45.6 Å². The summed E-state index contributed by atoms with van der Waals surface area (Å²) in [4.78, 5) is 37.6. The largest absolute Gasteiger partial charge is 0.353 e. The molecule has 0 aromatic heterocycles. The molecule has 126 valence electrons. The van der Waals surface area contributed by atoms with Gasteiger partial charge in [0.2, 0.25) is 17.7 Å². The number of nitrogens with one attached hydrogen (secondary N) is 2. The van der Waals surface area contributed by atoms with Gasteiger partial charge in [-0.3, -0.25) is 19.3 Å². The van der Waals surface area contributed by atoms with Gasteiger partial charge in [-0.25, -0.2) is 0 Å². The maximum absolute atomic E-state index is 12.2. The van der Waals surface area contributed by atoms with E-state index in [0.717, 1.165) is 37.1 Å². The Hall–Kier alpha value is -1.14. The summed E-state index contributed by atoms with van der Waals surface area (Å²) in [5, 5.41) is 5.96. The van der Waals surface area contributed by atoms with Crippen LogP contribution in [0.1, 0.15) is 39.5 Å². The number of imide groups is 1. The molecule has 2 fully saturated rings. The van der Waals surface area contributed by atoms with Gasteiger partial charge >= 0.3 is 0 Å². The van der Waals surface area contributed by atoms with Crippen molar-refractivity contribution in [1.29, 1.82) is 0 Å². The monoisotopic (exact) mass is 331 g/mol. The normalized spacial score (nSPS) is 25.5. The number of amides is 3. The second kappa shape index (κ2) is 8.48. The smallest absolute Gasteiger partial charge is 0.240 e. The molecule has 1 saturated carbocycles. The van der Waals surface area contributed by atoms with Crippen molar-refractivity contribution in [1.82, 2.24) is 15.5 Å². The van der Waals surface area contributed by atoms with Crippen LogP contribution in [0.4, 0.5) is 0 Å². The number of rotatable bonds is 6. The van der Waals surface area contributed by atoms with Crippen molar-refractivity contribution in [3.63, 3.8) is 0 Å². The Morgan fingerprint density at radius 1 is 1.23 bits per heavy atom. The molecular formula is C15H26ClN3O3. The molecule has 1 heterocycles. The maximum atomic E-state index is 12.2. The Kier molecular flexibility index (Phi) is 7.29. The van der Waals surface area contributed by atoms with Crippen molar-refractivity contribution in [2.24, 2.45) is 11.8 Å². The predicted molar refractivity (Wildman–Crippen MR) is 85.6 cm³/mol. The minimum Gasteiger partial charge on any atom is -0.353 e. The van der Waals surface area contributed by atoms with Gasteiger partial charge in [0.15, 0.2) is 0 Å². The Balaban J connectivity index is 0.00000242. The van der Waals surface area contributed by atoms with Gasteiger partial charge in [-0.2, -0.15) is 0 Å². The zero-order chi connectivity index (χ0) is 15.4. The first-order valence-corrected chi connectivity index (χ1v) is 7.90. The van der Waals surface area contributed by atoms with Crippen molar-refractivity contribution >= 4 is 30.1 Å². The van der Waals surface area contributed by atoms with E-state index >= 15 is 0 Å². The number of hydrogen-bond acceptors (Lipinski definition) is 4. The van der Waals surface area contributed by atoms with Crippen LogP contribution in [0.5, 0.6) is 0 Å². The number of likely N-dealkylation sites (N-methyl/N-ethyl adjacent to an activating group) is 1. The molecule has 3 amide bonds. The molecule has 0 bridgehead atoms. The lowest BCUT2D eigenvalue weighted by molar-refractivity contribution is -0.143. The summed E-state index contributed by atoms with van der Waals surface area (Å²) in [6.45, 7) is 5.18. The number of halogens is 1. The Morgan fingerprint density at radius 2 is 1.77 bits per heavy atom. The predicted octanol–water partition coefficient (Wildman–Crippen LogP) is 0.698. The van der Waals surface area contributed by atoms with Crippen LogP contribution in [0.25, 0.3) is 0 Å². The van der Waals surface area contributed by atoms with E-state index in [2.05, 4.69) is 10.6 Å². The highest BCUT2D eigenvalue weighted by Gasteiger charge is 2.48. The van der Waals surface area contributed by atoms with Gasteiger partial charge in [0, 0.05) is 12.6 Å². The Bertz CT molecular complexity index is 406. The fraction of sp³-hybridized carbons (Fsp3) is 0.800. The van der Waals surface area contributed by atoms with Crippen LogP contribution in [0.2, 0.25) is 0 Å². The number of nitrogens with zero attached hydrogens (tertiary/aromatic N) is 1. The average Bonchev–Trinajstić information content (AvgIpc) is 2.71. The summed E-state index contributed by atoms with van der Waals surface area (Å²) >= 11 is 0. The van der Waals surface area contributed by atoms with Gasteiger partial charge in [0.05, 0.1) is 11.8 Å². The van der Waals surface area contributed by atoms with Crippen molar-refractivity contribution in [3.8, 4) is 0 Å². The van der Waals surface area contributed by atoms with E-state index in [1.165, 1.54) is 0 Å². The standard InChI is InChI=1S/C15H25N3O3.ClH/c1-3-16-10(2)8-17-13(19)9-18-14(20)11-6-4-5-7-12(11)15(18)21;/h10-12,16H,3-9H2,1-2H3,(H,17,19);1H/t10-,11?,12?;/m1./s1. The highest BCUT2D eigenvalue weighted by molar-refractivity contribution is 6.07. The molecule has 1 saturated heterocycles. The SMILES string of the molecule is CCN[C@H](C)CNC(=O)CN1C(=O)C2CCCCC2C1=O.Cl. The summed E-state index contributed by atoms with van der Waals surface area (Å²) in [6, 6.07) is 0.173. The van der Waals surface area contributed by atoms with Crippen molar-refractivity contribution < 1.29 is 14.4 Å². The zero-order valence-electron chi connectivity index (χ0n) is 13.3. The van der Waals surface area contributed by atoms with Gasteiger partial charge in [-0.15, -0.1) is 12.4 Å². The fourth-order valence-electron chi connectivity index (χ4n) is 3.27. The minimum atomic E-state index is -0.264. The molecule has 0 spiro atoms. The fourth-order valence-corrected chi connectivity index (χ4v) is 3.27. The number of likely N-dealkylation sites (tertiary alicyclic amines) is 1. The van der Waals surface area contributed by atoms with Gasteiger partial charge in [0.25, 0.3) is 0 Å². The molecule has 2 aliphatic rings. The number of fused-ring (bicyclic) bond motifs is 1. The lowest BCUT2D eigenvalue weighted by Gasteiger charge is -2.19. The lowest BCUT2D eigenvalue weighted by atomic mass is 9.81. The molecule has 2 unspecified atom stereocenters. The van der Waals surface area contributed by atoms with Crippen molar-refractivity contribution in [2.75, 3.05) is 19.6 Å². The van der Waals surface area contributed by atoms with Gasteiger partial charge in [-0.05, 0) is 26.3 Å². The molecule has 2 rings (SSSR count). The van der Waals surface area contributed by atoms with Crippen LogP contribution in [0.15, 0.2) is 0 Å². The molecule has 7 heteroatoms. The molecule has 0 radical (unpaired) electrons. The molecule has 2 N–H and O–H groups in total. The van der Waals surface area contributed by atoms with E-state index < -0.39 is 0 Å². The molecule has 1 aliphatic carbocycles. The summed E-state index contributed by atoms with van der Waals surface area (Å²) in [6.07, 6.45) is 3.57. The minimum absolute atomic E-state index is 0. The molecule has 6 nitrogen and oxygen atoms in total. The first-order valence-electron chi connectivity index (χ1n) is 7.90. The van der Waals surface area contributed by atoms with Crippen LogP contribution >= 0.6 is 12.4 Å². The topological polar surface area (TPSA) is 78.5 Å².